The minimum atomic E-state index is -1.14. The topological polar surface area (TPSA) is 105 Å². The van der Waals surface area contributed by atoms with Gasteiger partial charge in [0, 0.05) is 18.0 Å². The van der Waals surface area contributed by atoms with E-state index in [1.165, 1.54) is 6.07 Å². The average Bonchev–Trinajstić information content (AvgIpc) is 3.17. The first kappa shape index (κ1) is 14.2. The van der Waals surface area contributed by atoms with E-state index in [0.29, 0.717) is 5.69 Å². The molecule has 8 heteroatoms. The molecule has 0 aliphatic rings. The average molecular weight is 323 g/mol. The zero-order chi connectivity index (χ0) is 16.8. The van der Waals surface area contributed by atoms with Gasteiger partial charge < -0.3 is 10.1 Å². The van der Waals surface area contributed by atoms with Crippen LogP contribution in [0.4, 0.5) is 0 Å². The minimum absolute atomic E-state index is 0.0474. The number of nitrogens with zero attached hydrogens (tertiary/aromatic N) is 4. The standard InChI is InChI=1S/C16H13N5O3/c1-2-20-13-4-3-9(5-10(13)7-17-20)12-6-14(22)21-15(19-12)11(8-18-21)16(23)24/h3-8,19H,2H2,1H3,(H,23,24). The number of aromatic carboxylic acids is 1. The van der Waals surface area contributed by atoms with E-state index < -0.39 is 11.5 Å². The predicted octanol–water partition coefficient (Wildman–Crippen LogP) is 1.76. The Balaban J connectivity index is 1.94. The van der Waals surface area contributed by atoms with Gasteiger partial charge >= 0.3 is 5.97 Å². The molecule has 0 radical (unpaired) electrons. The van der Waals surface area contributed by atoms with Crippen LogP contribution in [0.2, 0.25) is 0 Å². The maximum absolute atomic E-state index is 12.2. The first-order valence-corrected chi connectivity index (χ1v) is 7.39. The first-order chi connectivity index (χ1) is 11.6. The summed E-state index contributed by atoms with van der Waals surface area (Å²) in [4.78, 5) is 26.4. The zero-order valence-corrected chi connectivity index (χ0v) is 12.7. The summed E-state index contributed by atoms with van der Waals surface area (Å²) in [5.74, 6) is -1.14. The van der Waals surface area contributed by atoms with Gasteiger partial charge in [-0.1, -0.05) is 6.07 Å². The predicted molar refractivity (Wildman–Crippen MR) is 87.2 cm³/mol. The molecule has 3 heterocycles. The molecule has 24 heavy (non-hydrogen) atoms. The summed E-state index contributed by atoms with van der Waals surface area (Å²) in [7, 11) is 0. The molecule has 0 unspecified atom stereocenters. The van der Waals surface area contributed by atoms with Gasteiger partial charge in [-0.3, -0.25) is 9.48 Å². The quantitative estimate of drug-likeness (QED) is 0.597. The van der Waals surface area contributed by atoms with Crippen molar-refractivity contribution in [3.8, 4) is 11.3 Å². The van der Waals surface area contributed by atoms with Crippen LogP contribution in [0.15, 0.2) is 41.5 Å². The molecular weight excluding hydrogens is 310 g/mol. The van der Waals surface area contributed by atoms with E-state index in [-0.39, 0.29) is 11.2 Å². The lowest BCUT2D eigenvalue weighted by Crippen LogP contribution is -2.15. The molecule has 0 aliphatic carbocycles. The summed E-state index contributed by atoms with van der Waals surface area (Å²) in [6.07, 6.45) is 2.92. The van der Waals surface area contributed by atoms with Crippen LogP contribution < -0.4 is 5.56 Å². The third-order valence-electron chi connectivity index (χ3n) is 3.98. The largest absolute Gasteiger partial charge is 0.477 e. The van der Waals surface area contributed by atoms with E-state index >= 15 is 0 Å². The molecule has 0 saturated heterocycles. The number of rotatable bonds is 3. The number of carbonyl (C=O) groups is 1. The Morgan fingerprint density at radius 1 is 1.25 bits per heavy atom. The third-order valence-corrected chi connectivity index (χ3v) is 3.98. The van der Waals surface area contributed by atoms with E-state index in [4.69, 9.17) is 0 Å². The van der Waals surface area contributed by atoms with Gasteiger partial charge in [0.15, 0.2) is 5.65 Å². The van der Waals surface area contributed by atoms with Crippen LogP contribution >= 0.6 is 0 Å². The zero-order valence-electron chi connectivity index (χ0n) is 12.7. The molecule has 4 aromatic rings. The van der Waals surface area contributed by atoms with Crippen LogP contribution in [-0.4, -0.2) is 35.5 Å². The number of hydrogen-bond acceptors (Lipinski definition) is 4. The lowest BCUT2D eigenvalue weighted by Gasteiger charge is -2.05. The third kappa shape index (κ3) is 2.00. The maximum atomic E-state index is 12.2. The van der Waals surface area contributed by atoms with Gasteiger partial charge in [-0.25, -0.2) is 4.79 Å². The summed E-state index contributed by atoms with van der Waals surface area (Å²) in [6, 6.07) is 7.11. The van der Waals surface area contributed by atoms with E-state index in [9.17, 15) is 14.7 Å². The van der Waals surface area contributed by atoms with E-state index in [0.717, 1.165) is 33.7 Å². The molecule has 0 amide bonds. The van der Waals surface area contributed by atoms with E-state index in [1.807, 2.05) is 29.8 Å². The van der Waals surface area contributed by atoms with Crippen molar-refractivity contribution in [1.29, 1.82) is 0 Å². The van der Waals surface area contributed by atoms with Crippen molar-refractivity contribution in [2.75, 3.05) is 0 Å². The fourth-order valence-corrected chi connectivity index (χ4v) is 2.80. The summed E-state index contributed by atoms with van der Waals surface area (Å²) >= 11 is 0. The van der Waals surface area contributed by atoms with Gasteiger partial charge in [-0.15, -0.1) is 0 Å². The second-order valence-corrected chi connectivity index (χ2v) is 5.38. The highest BCUT2D eigenvalue weighted by molar-refractivity contribution is 5.94. The Kier molecular flexibility index (Phi) is 2.99. The number of aryl methyl sites for hydroxylation is 1. The smallest absolute Gasteiger partial charge is 0.341 e. The highest BCUT2D eigenvalue weighted by Gasteiger charge is 2.15. The lowest BCUT2D eigenvalue weighted by molar-refractivity contribution is 0.0699. The van der Waals surface area contributed by atoms with Crippen molar-refractivity contribution in [2.24, 2.45) is 0 Å². The highest BCUT2D eigenvalue weighted by atomic mass is 16.4. The van der Waals surface area contributed by atoms with Crippen LogP contribution in [0.5, 0.6) is 0 Å². The van der Waals surface area contributed by atoms with Crippen LogP contribution in [0.25, 0.3) is 27.8 Å². The van der Waals surface area contributed by atoms with Crippen molar-refractivity contribution >= 4 is 22.5 Å². The summed E-state index contributed by atoms with van der Waals surface area (Å²) in [5.41, 5.74) is 2.02. The monoisotopic (exact) mass is 323 g/mol. The van der Waals surface area contributed by atoms with Crippen LogP contribution in [0, 0.1) is 0 Å². The number of H-pyrrole nitrogens is 1. The lowest BCUT2D eigenvalue weighted by atomic mass is 10.1. The Hall–Kier alpha value is -3.42. The summed E-state index contributed by atoms with van der Waals surface area (Å²) < 4.78 is 2.92. The molecule has 0 bridgehead atoms. The molecule has 8 nitrogen and oxygen atoms in total. The molecular formula is C16H13N5O3. The van der Waals surface area contributed by atoms with Gasteiger partial charge in [0.2, 0.25) is 0 Å². The first-order valence-electron chi connectivity index (χ1n) is 7.39. The van der Waals surface area contributed by atoms with Crippen LogP contribution in [0.3, 0.4) is 0 Å². The molecule has 0 spiro atoms. The molecule has 3 aromatic heterocycles. The number of aromatic nitrogens is 5. The summed E-state index contributed by atoms with van der Waals surface area (Å²) in [6.45, 7) is 2.78. The van der Waals surface area contributed by atoms with E-state index in [2.05, 4.69) is 15.2 Å². The van der Waals surface area contributed by atoms with Crippen LogP contribution in [0.1, 0.15) is 17.3 Å². The van der Waals surface area contributed by atoms with Crippen LogP contribution in [-0.2, 0) is 6.54 Å². The number of benzene rings is 1. The summed E-state index contributed by atoms with van der Waals surface area (Å²) in [5, 5.41) is 18.3. The normalized spacial score (nSPS) is 11.4. The molecule has 0 atom stereocenters. The fraction of sp³-hybridized carbons (Fsp3) is 0.125. The highest BCUT2D eigenvalue weighted by Crippen LogP contribution is 2.23. The van der Waals surface area contributed by atoms with Gasteiger partial charge in [0.05, 0.1) is 23.6 Å². The van der Waals surface area contributed by atoms with Crippen molar-refractivity contribution in [2.45, 2.75) is 13.5 Å². The second kappa shape index (κ2) is 5.05. The number of fused-ring (bicyclic) bond motifs is 2. The number of aromatic amines is 1. The molecule has 2 N–H and O–H groups in total. The molecule has 0 aliphatic heterocycles. The van der Waals surface area contributed by atoms with E-state index in [1.54, 1.807) is 6.20 Å². The number of nitrogens with one attached hydrogen (secondary N) is 1. The Morgan fingerprint density at radius 3 is 2.83 bits per heavy atom. The molecule has 120 valence electrons. The van der Waals surface area contributed by atoms with Gasteiger partial charge in [-0.05, 0) is 24.6 Å². The Morgan fingerprint density at radius 2 is 2.08 bits per heavy atom. The van der Waals surface area contributed by atoms with Crippen molar-refractivity contribution < 1.29 is 9.90 Å². The SMILES string of the molecule is CCn1ncc2cc(-c3cc(=O)n4ncc(C(=O)O)c4[nH]3)ccc21. The molecule has 0 fully saturated rings. The van der Waals surface area contributed by atoms with Crippen molar-refractivity contribution in [3.05, 3.63) is 52.6 Å². The van der Waals surface area contributed by atoms with Crippen molar-refractivity contribution in [3.63, 3.8) is 0 Å². The molecule has 4 rings (SSSR count). The van der Waals surface area contributed by atoms with Gasteiger partial charge in [0.25, 0.3) is 5.56 Å². The number of carboxylic acid groups (broad SMARTS) is 1. The fourth-order valence-electron chi connectivity index (χ4n) is 2.80. The maximum Gasteiger partial charge on any atom is 0.341 e. The number of hydrogen-bond donors (Lipinski definition) is 2. The minimum Gasteiger partial charge on any atom is -0.477 e. The molecule has 0 saturated carbocycles. The Bertz CT molecular complexity index is 1150. The van der Waals surface area contributed by atoms with Crippen molar-refractivity contribution in [1.82, 2.24) is 24.4 Å². The second-order valence-electron chi connectivity index (χ2n) is 5.38. The number of carboxylic acids is 1. The molecule has 1 aromatic carbocycles. The Labute approximate surface area is 135 Å². The van der Waals surface area contributed by atoms with Gasteiger partial charge in [-0.2, -0.15) is 14.7 Å². The van der Waals surface area contributed by atoms with Gasteiger partial charge in [0.1, 0.15) is 5.56 Å².